The maximum atomic E-state index is 13.2. The highest BCUT2D eigenvalue weighted by Crippen LogP contribution is 2.29. The summed E-state index contributed by atoms with van der Waals surface area (Å²) in [5.41, 5.74) is 0.913. The number of rotatable bonds is 9. The Kier molecular flexibility index (Phi) is 12.4. The lowest BCUT2D eigenvalue weighted by molar-refractivity contribution is 0.169. The third kappa shape index (κ3) is 8.09. The number of nitrogens with zero attached hydrogens (tertiary/aromatic N) is 1. The Balaban J connectivity index is 0.00000576. The van der Waals surface area contributed by atoms with Crippen LogP contribution in [0.2, 0.25) is 5.02 Å². The second kappa shape index (κ2) is 12.7. The average molecular weight is 486 g/mol. The lowest BCUT2D eigenvalue weighted by Gasteiger charge is -2.32. The molecule has 0 aromatic heterocycles. The minimum atomic E-state index is -0.422. The van der Waals surface area contributed by atoms with E-state index in [1.165, 1.54) is 6.07 Å². The number of benzene rings is 1. The largest absolute Gasteiger partial charge is 0.396 e. The fourth-order valence-electron chi connectivity index (χ4n) is 2.60. The van der Waals surface area contributed by atoms with E-state index in [0.29, 0.717) is 12.5 Å². The molecule has 1 rings (SSSR count). The molecule has 0 atom stereocenters. The number of guanidine groups is 1. The molecule has 0 radical (unpaired) electrons. The highest BCUT2D eigenvalue weighted by Gasteiger charge is 2.25. The van der Waals surface area contributed by atoms with Crippen LogP contribution in [0.5, 0.6) is 0 Å². The topological polar surface area (TPSA) is 56.7 Å². The lowest BCUT2D eigenvalue weighted by atomic mass is 9.79. The van der Waals surface area contributed by atoms with Crippen LogP contribution in [-0.4, -0.2) is 30.8 Å². The van der Waals surface area contributed by atoms with Gasteiger partial charge in [0, 0.05) is 19.7 Å². The number of halogens is 3. The van der Waals surface area contributed by atoms with Gasteiger partial charge in [0.05, 0.1) is 11.6 Å². The highest BCUT2D eigenvalue weighted by atomic mass is 127. The molecule has 0 saturated heterocycles. The third-order valence-electron chi connectivity index (χ3n) is 4.52. The summed E-state index contributed by atoms with van der Waals surface area (Å²) in [6.07, 6.45) is 2.74. The Labute approximate surface area is 172 Å². The summed E-state index contributed by atoms with van der Waals surface area (Å²) in [7, 11) is 0. The Morgan fingerprint density at radius 1 is 1.24 bits per heavy atom. The van der Waals surface area contributed by atoms with Crippen molar-refractivity contribution >= 4 is 41.5 Å². The molecule has 0 aliphatic carbocycles. The average Bonchev–Trinajstić information content (AvgIpc) is 2.59. The van der Waals surface area contributed by atoms with Crippen LogP contribution < -0.4 is 10.6 Å². The van der Waals surface area contributed by atoms with E-state index in [1.807, 2.05) is 6.92 Å². The van der Waals surface area contributed by atoms with Gasteiger partial charge in [0.2, 0.25) is 0 Å². The van der Waals surface area contributed by atoms with Crippen LogP contribution in [0.25, 0.3) is 0 Å². The summed E-state index contributed by atoms with van der Waals surface area (Å²) >= 11 is 5.81. The van der Waals surface area contributed by atoms with Crippen LogP contribution in [0, 0.1) is 11.2 Å². The minimum Gasteiger partial charge on any atom is -0.396 e. The molecule has 7 heteroatoms. The molecule has 3 N–H and O–H groups in total. The molecule has 0 bridgehead atoms. The van der Waals surface area contributed by atoms with E-state index in [9.17, 15) is 9.50 Å². The molecular weight excluding hydrogens is 456 g/mol. The summed E-state index contributed by atoms with van der Waals surface area (Å²) in [4.78, 5) is 4.54. The van der Waals surface area contributed by atoms with Gasteiger partial charge < -0.3 is 15.7 Å². The van der Waals surface area contributed by atoms with E-state index in [-0.39, 0.29) is 41.0 Å². The molecule has 0 unspecified atom stereocenters. The standard InChI is InChI=1S/C18H29ClFN3O.HI/c1-4-18(5-2,9-10-24)13-23-17(21-6-3)22-12-14-7-8-16(20)15(19)11-14;/h7-8,11,24H,4-6,9-10,12-13H2,1-3H3,(H2,21,22,23);1H. The summed E-state index contributed by atoms with van der Waals surface area (Å²) in [6.45, 7) is 8.40. The first kappa shape index (κ1) is 24.4. The summed E-state index contributed by atoms with van der Waals surface area (Å²) in [5.74, 6) is 0.288. The number of aliphatic imine (C=N–C) groups is 1. The number of aliphatic hydroxyl groups is 1. The van der Waals surface area contributed by atoms with Crippen molar-refractivity contribution in [3.63, 3.8) is 0 Å². The summed E-state index contributed by atoms with van der Waals surface area (Å²) < 4.78 is 13.2. The zero-order valence-corrected chi connectivity index (χ0v) is 18.3. The van der Waals surface area contributed by atoms with Crippen molar-refractivity contribution < 1.29 is 9.50 Å². The molecule has 0 aliphatic heterocycles. The molecule has 0 spiro atoms. The Morgan fingerprint density at radius 3 is 2.44 bits per heavy atom. The van der Waals surface area contributed by atoms with Crippen molar-refractivity contribution in [2.24, 2.45) is 10.4 Å². The molecule has 1 aromatic carbocycles. The van der Waals surface area contributed by atoms with Crippen molar-refractivity contribution in [1.29, 1.82) is 0 Å². The molecule has 0 heterocycles. The van der Waals surface area contributed by atoms with Gasteiger partial charge in [0.1, 0.15) is 5.82 Å². The minimum absolute atomic E-state index is 0. The van der Waals surface area contributed by atoms with Gasteiger partial charge in [-0.1, -0.05) is 31.5 Å². The van der Waals surface area contributed by atoms with Gasteiger partial charge in [-0.25, -0.2) is 9.38 Å². The van der Waals surface area contributed by atoms with Gasteiger partial charge in [-0.15, -0.1) is 24.0 Å². The monoisotopic (exact) mass is 485 g/mol. The van der Waals surface area contributed by atoms with Crippen molar-refractivity contribution in [2.75, 3.05) is 19.7 Å². The first-order chi connectivity index (χ1) is 11.5. The number of hydrogen-bond acceptors (Lipinski definition) is 2. The summed E-state index contributed by atoms with van der Waals surface area (Å²) in [5, 5.41) is 16.0. The van der Waals surface area contributed by atoms with Crippen LogP contribution in [0.4, 0.5) is 4.39 Å². The number of aliphatic hydroxyl groups excluding tert-OH is 1. The fourth-order valence-corrected chi connectivity index (χ4v) is 2.80. The van der Waals surface area contributed by atoms with Crippen molar-refractivity contribution in [3.05, 3.63) is 34.6 Å². The van der Waals surface area contributed by atoms with Crippen LogP contribution in [0.1, 0.15) is 45.6 Å². The molecule has 0 saturated carbocycles. The third-order valence-corrected chi connectivity index (χ3v) is 4.81. The van der Waals surface area contributed by atoms with Gasteiger partial charge in [0.25, 0.3) is 0 Å². The summed E-state index contributed by atoms with van der Waals surface area (Å²) in [6, 6.07) is 4.63. The molecule has 144 valence electrons. The zero-order chi connectivity index (χ0) is 18.0. The van der Waals surface area contributed by atoms with Crippen LogP contribution in [0.3, 0.4) is 0 Å². The SMILES string of the molecule is CCNC(=NCc1ccc(F)c(Cl)c1)NCC(CC)(CC)CCO.I. The first-order valence-electron chi connectivity index (χ1n) is 8.57. The normalized spacial score (nSPS) is 11.8. The van der Waals surface area contributed by atoms with Gasteiger partial charge in [-0.05, 0) is 49.3 Å². The molecule has 25 heavy (non-hydrogen) atoms. The maximum Gasteiger partial charge on any atom is 0.191 e. The highest BCUT2D eigenvalue weighted by molar-refractivity contribution is 14.0. The lowest BCUT2D eigenvalue weighted by Crippen LogP contribution is -2.43. The van der Waals surface area contributed by atoms with Crippen molar-refractivity contribution in [1.82, 2.24) is 10.6 Å². The van der Waals surface area contributed by atoms with Gasteiger partial charge in [-0.3, -0.25) is 0 Å². The molecule has 1 aromatic rings. The molecule has 0 fully saturated rings. The van der Waals surface area contributed by atoms with Crippen molar-refractivity contribution in [3.8, 4) is 0 Å². The predicted molar refractivity (Wildman–Crippen MR) is 114 cm³/mol. The van der Waals surface area contributed by atoms with E-state index in [0.717, 1.165) is 37.9 Å². The Hall–Kier alpha value is -0.600. The second-order valence-corrected chi connectivity index (χ2v) is 6.39. The van der Waals surface area contributed by atoms with E-state index in [1.54, 1.807) is 12.1 Å². The quantitative estimate of drug-likeness (QED) is 0.277. The fraction of sp³-hybridized carbons (Fsp3) is 0.611. The predicted octanol–water partition coefficient (Wildman–Crippen LogP) is 4.34. The Bertz CT molecular complexity index is 539. The van der Waals surface area contributed by atoms with Crippen molar-refractivity contribution in [2.45, 2.75) is 46.6 Å². The van der Waals surface area contributed by atoms with E-state index < -0.39 is 5.82 Å². The number of nitrogens with one attached hydrogen (secondary N) is 2. The zero-order valence-electron chi connectivity index (χ0n) is 15.2. The molecule has 0 amide bonds. The van der Waals surface area contributed by atoms with Crippen LogP contribution >= 0.6 is 35.6 Å². The number of hydrogen-bond donors (Lipinski definition) is 3. The van der Waals surface area contributed by atoms with E-state index >= 15 is 0 Å². The van der Waals surface area contributed by atoms with E-state index in [2.05, 4.69) is 29.5 Å². The van der Waals surface area contributed by atoms with Crippen LogP contribution in [0.15, 0.2) is 23.2 Å². The maximum absolute atomic E-state index is 13.2. The molecular formula is C18H30ClFIN3O. The van der Waals surface area contributed by atoms with Crippen LogP contribution in [-0.2, 0) is 6.54 Å². The second-order valence-electron chi connectivity index (χ2n) is 5.98. The smallest absolute Gasteiger partial charge is 0.191 e. The molecule has 0 aliphatic rings. The Morgan fingerprint density at radius 2 is 1.92 bits per heavy atom. The van der Waals surface area contributed by atoms with Gasteiger partial charge >= 0.3 is 0 Å². The van der Waals surface area contributed by atoms with Gasteiger partial charge in [0.15, 0.2) is 5.96 Å². The molecule has 4 nitrogen and oxygen atoms in total. The first-order valence-corrected chi connectivity index (χ1v) is 8.95. The van der Waals surface area contributed by atoms with E-state index in [4.69, 9.17) is 11.6 Å². The van der Waals surface area contributed by atoms with Gasteiger partial charge in [-0.2, -0.15) is 0 Å².